The Morgan fingerprint density at radius 2 is 1.77 bits per heavy atom. The molecular formula is C25H43N3O10S. The molecule has 1 unspecified atom stereocenters. The number of aliphatic hydroxyl groups is 1. The molecule has 224 valence electrons. The summed E-state index contributed by atoms with van der Waals surface area (Å²) in [5.41, 5.74) is -2.88. The van der Waals surface area contributed by atoms with E-state index in [1.54, 1.807) is 25.7 Å². The molecule has 0 aromatic heterocycles. The summed E-state index contributed by atoms with van der Waals surface area (Å²) in [5, 5.41) is 15.4. The van der Waals surface area contributed by atoms with Gasteiger partial charge in [-0.3, -0.25) is 14.1 Å². The van der Waals surface area contributed by atoms with Crippen LogP contribution in [0.1, 0.15) is 73.1 Å². The largest absolute Gasteiger partial charge is 0.446 e. The van der Waals surface area contributed by atoms with E-state index in [9.17, 15) is 37.3 Å². The Hall–Kier alpha value is -2.45. The molecule has 0 spiro atoms. The first kappa shape index (κ1) is 32.8. The lowest BCUT2D eigenvalue weighted by atomic mass is 9.87. The quantitative estimate of drug-likeness (QED) is 0.264. The van der Waals surface area contributed by atoms with Gasteiger partial charge in [-0.1, -0.05) is 13.8 Å². The minimum Gasteiger partial charge on any atom is -0.446 e. The van der Waals surface area contributed by atoms with Crippen molar-refractivity contribution >= 4 is 34.0 Å². The van der Waals surface area contributed by atoms with Crippen LogP contribution in [0.15, 0.2) is 0 Å². The normalized spacial score (nSPS) is 21.2. The lowest BCUT2D eigenvalue weighted by Gasteiger charge is -2.33. The highest BCUT2D eigenvalue weighted by molar-refractivity contribution is 7.86. The maximum atomic E-state index is 13.2. The fraction of sp³-hybridized carbons (Fsp3) is 0.840. The monoisotopic (exact) mass is 577 g/mol. The van der Waals surface area contributed by atoms with Crippen LogP contribution in [0.5, 0.6) is 0 Å². The molecule has 2 heterocycles. The summed E-state index contributed by atoms with van der Waals surface area (Å²) in [6.07, 6.45) is -0.921. The summed E-state index contributed by atoms with van der Waals surface area (Å²) in [7, 11) is -4.90. The van der Waals surface area contributed by atoms with Crippen molar-refractivity contribution in [1.82, 2.24) is 15.5 Å². The van der Waals surface area contributed by atoms with Crippen molar-refractivity contribution in [2.45, 2.75) is 96.3 Å². The molecule has 13 nitrogen and oxygen atoms in total. The lowest BCUT2D eigenvalue weighted by Crippen LogP contribution is -2.47. The van der Waals surface area contributed by atoms with Crippen molar-refractivity contribution in [3.63, 3.8) is 0 Å². The standard InChI is InChI=1S/C25H43N3O10S/c1-15(2)12-19(20(29)14-17(22(31)39(34,35)36)13-16-6-9-26-21(16)30)27-23(32)37-18-7-10-28(11-8-18)24(33)38-25(3,4)5/h15-19,22,31H,6-14H2,1-5H3,(H,26,30)(H,27,32)(H,34,35,36)/t16-,17+,19-,22?/m0/s1. The maximum absolute atomic E-state index is 13.2. The van der Waals surface area contributed by atoms with Gasteiger partial charge >= 0.3 is 12.2 Å². The van der Waals surface area contributed by atoms with Gasteiger partial charge in [0.2, 0.25) is 5.91 Å². The van der Waals surface area contributed by atoms with E-state index in [0.29, 0.717) is 38.9 Å². The molecule has 0 bridgehead atoms. The Bertz CT molecular complexity index is 987. The minimum atomic E-state index is -4.90. The summed E-state index contributed by atoms with van der Waals surface area (Å²) >= 11 is 0. The number of rotatable bonds is 11. The molecule has 14 heteroatoms. The van der Waals surface area contributed by atoms with Crippen molar-refractivity contribution in [1.29, 1.82) is 0 Å². The van der Waals surface area contributed by atoms with E-state index in [1.165, 1.54) is 0 Å². The van der Waals surface area contributed by atoms with E-state index in [1.807, 2.05) is 13.8 Å². The number of aliphatic hydroxyl groups excluding tert-OH is 1. The summed E-state index contributed by atoms with van der Waals surface area (Å²) in [4.78, 5) is 51.7. The number of ether oxygens (including phenoxy) is 2. The summed E-state index contributed by atoms with van der Waals surface area (Å²) < 4.78 is 43.6. The average molecular weight is 578 g/mol. The van der Waals surface area contributed by atoms with Gasteiger partial charge in [-0.05, 0) is 46.0 Å². The van der Waals surface area contributed by atoms with Gasteiger partial charge in [-0.25, -0.2) is 9.59 Å². The fourth-order valence-corrected chi connectivity index (χ4v) is 5.43. The first-order valence-electron chi connectivity index (χ1n) is 13.4. The van der Waals surface area contributed by atoms with Crippen LogP contribution in [-0.4, -0.2) is 89.7 Å². The molecule has 0 aromatic carbocycles. The van der Waals surface area contributed by atoms with E-state index >= 15 is 0 Å². The molecule has 2 aliphatic heterocycles. The van der Waals surface area contributed by atoms with Crippen LogP contribution in [0.4, 0.5) is 9.59 Å². The van der Waals surface area contributed by atoms with E-state index < -0.39 is 69.5 Å². The van der Waals surface area contributed by atoms with Gasteiger partial charge in [0.15, 0.2) is 11.2 Å². The second-order valence-corrected chi connectivity index (χ2v) is 13.3. The molecule has 0 aromatic rings. The zero-order chi connectivity index (χ0) is 29.5. The van der Waals surface area contributed by atoms with Gasteiger partial charge in [0.25, 0.3) is 10.1 Å². The number of likely N-dealkylation sites (tertiary alicyclic amines) is 1. The Morgan fingerprint density at radius 3 is 2.26 bits per heavy atom. The first-order valence-corrected chi connectivity index (χ1v) is 14.9. The maximum Gasteiger partial charge on any atom is 0.410 e. The highest BCUT2D eigenvalue weighted by Gasteiger charge is 2.38. The van der Waals surface area contributed by atoms with E-state index in [4.69, 9.17) is 9.47 Å². The Kier molecular flexibility index (Phi) is 11.6. The van der Waals surface area contributed by atoms with Crippen LogP contribution in [0.25, 0.3) is 0 Å². The first-order chi connectivity index (χ1) is 18.0. The van der Waals surface area contributed by atoms with Gasteiger partial charge in [0, 0.05) is 50.7 Å². The Labute approximate surface area is 230 Å². The predicted molar refractivity (Wildman–Crippen MR) is 140 cm³/mol. The van der Waals surface area contributed by atoms with Crippen LogP contribution in [0, 0.1) is 17.8 Å². The summed E-state index contributed by atoms with van der Waals surface area (Å²) in [6.45, 7) is 10.1. The lowest BCUT2D eigenvalue weighted by molar-refractivity contribution is -0.125. The van der Waals surface area contributed by atoms with Crippen molar-refractivity contribution in [2.24, 2.45) is 17.8 Å². The molecule has 39 heavy (non-hydrogen) atoms. The third-order valence-electron chi connectivity index (χ3n) is 6.68. The highest BCUT2D eigenvalue weighted by Crippen LogP contribution is 2.28. The second kappa shape index (κ2) is 13.8. The Balaban J connectivity index is 2.00. The molecule has 3 amide bonds. The van der Waals surface area contributed by atoms with Gasteiger partial charge in [0.05, 0.1) is 6.04 Å². The molecule has 0 saturated carbocycles. The molecule has 4 atom stereocenters. The van der Waals surface area contributed by atoms with Crippen molar-refractivity contribution in [3.8, 4) is 0 Å². The fourth-order valence-electron chi connectivity index (χ4n) is 4.73. The summed E-state index contributed by atoms with van der Waals surface area (Å²) in [6, 6.07) is -1.03. The van der Waals surface area contributed by atoms with Gasteiger partial charge in [-0.2, -0.15) is 8.42 Å². The zero-order valence-electron chi connectivity index (χ0n) is 23.3. The average Bonchev–Trinajstić information content (AvgIpc) is 3.20. The Morgan fingerprint density at radius 1 is 1.15 bits per heavy atom. The number of Topliss-reactive ketones (excluding diaryl/α,β-unsaturated/α-hetero) is 1. The van der Waals surface area contributed by atoms with Crippen molar-refractivity contribution in [2.75, 3.05) is 19.6 Å². The third-order valence-corrected chi connectivity index (χ3v) is 7.67. The molecule has 0 aliphatic carbocycles. The van der Waals surface area contributed by atoms with Crippen LogP contribution in [0.2, 0.25) is 0 Å². The molecule has 4 N–H and O–H groups in total. The van der Waals surface area contributed by atoms with Crippen LogP contribution < -0.4 is 10.6 Å². The van der Waals surface area contributed by atoms with Gasteiger partial charge in [-0.15, -0.1) is 0 Å². The van der Waals surface area contributed by atoms with Crippen LogP contribution in [-0.2, 0) is 29.2 Å². The molecule has 2 fully saturated rings. The molecule has 0 radical (unpaired) electrons. The van der Waals surface area contributed by atoms with E-state index in [2.05, 4.69) is 10.6 Å². The topological polar surface area (TPSA) is 189 Å². The number of piperidine rings is 1. The SMILES string of the molecule is CC(C)C[C@H](NC(=O)OC1CCN(C(=O)OC(C)(C)C)CC1)C(=O)C[C@@H](C[C@@H]1CCNC1=O)C(O)S(=O)(=O)O. The highest BCUT2D eigenvalue weighted by atomic mass is 32.2. The molecule has 2 rings (SSSR count). The van der Waals surface area contributed by atoms with E-state index in [-0.39, 0.29) is 24.7 Å². The van der Waals surface area contributed by atoms with Crippen LogP contribution in [0.3, 0.4) is 0 Å². The van der Waals surface area contributed by atoms with Crippen molar-refractivity contribution in [3.05, 3.63) is 0 Å². The van der Waals surface area contributed by atoms with Crippen LogP contribution >= 0.6 is 0 Å². The summed E-state index contributed by atoms with van der Waals surface area (Å²) in [5.74, 6) is -2.74. The number of nitrogens with one attached hydrogen (secondary N) is 2. The number of hydrogen-bond acceptors (Lipinski definition) is 9. The molecule has 2 saturated heterocycles. The number of carbonyl (C=O) groups is 4. The number of carbonyl (C=O) groups excluding carboxylic acids is 4. The van der Waals surface area contributed by atoms with Gasteiger partial charge in [0.1, 0.15) is 11.7 Å². The number of nitrogens with zero attached hydrogens (tertiary/aromatic N) is 1. The van der Waals surface area contributed by atoms with E-state index in [0.717, 1.165) is 0 Å². The number of amides is 3. The zero-order valence-corrected chi connectivity index (χ0v) is 24.2. The second-order valence-electron chi connectivity index (χ2n) is 11.7. The predicted octanol–water partition coefficient (Wildman–Crippen LogP) is 1.83. The van der Waals surface area contributed by atoms with Crippen molar-refractivity contribution < 1.29 is 46.7 Å². The molecule has 2 aliphatic rings. The third kappa shape index (κ3) is 10.9. The number of alkyl carbamates (subject to hydrolysis) is 1. The molecular weight excluding hydrogens is 534 g/mol. The van der Waals surface area contributed by atoms with Gasteiger partial charge < -0.3 is 30.1 Å². The number of hydrogen-bond donors (Lipinski definition) is 4. The smallest absolute Gasteiger partial charge is 0.410 e. The number of ketones is 1. The minimum absolute atomic E-state index is 0.0260.